The Bertz CT molecular complexity index is 6360. The van der Waals surface area contributed by atoms with Crippen LogP contribution in [-0.4, -0.2) is 0 Å². The van der Waals surface area contributed by atoms with Crippen molar-refractivity contribution in [3.63, 3.8) is 0 Å². The molecule has 0 amide bonds. The second-order valence-electron chi connectivity index (χ2n) is 36.0. The topological polar surface area (TPSA) is 15.5 Å². The number of fused-ring (bicyclic) bond motifs is 7. The molecule has 0 aliphatic heterocycles. The van der Waals surface area contributed by atoms with E-state index in [0.29, 0.717) is 23.1 Å². The van der Waals surface area contributed by atoms with E-state index >= 15 is 0 Å². The van der Waals surface area contributed by atoms with E-state index in [1.165, 1.54) is 109 Å². The lowest BCUT2D eigenvalue weighted by molar-refractivity contribution is -0.660. The summed E-state index contributed by atoms with van der Waals surface area (Å²) >= 11 is 0. The molecule has 4 heteroatoms. The predicted octanol–water partition coefficient (Wildman–Crippen LogP) is 25.2. The van der Waals surface area contributed by atoms with E-state index < -0.39 is 39.2 Å². The molecule has 0 radical (unpaired) electrons. The first-order chi connectivity index (χ1) is 60.0. The fraction of sp³-hybridized carbons (Fsp3) is 0.413. The quantitative estimate of drug-likeness (QED) is 0.148. The molecule has 0 bridgehead atoms. The van der Waals surface area contributed by atoms with Crippen LogP contribution in [0.2, 0.25) is 0 Å². The van der Waals surface area contributed by atoms with E-state index in [1.807, 2.05) is 90.0 Å². The van der Waals surface area contributed by atoms with Crippen molar-refractivity contribution < 1.29 is 37.5 Å². The van der Waals surface area contributed by atoms with Crippen LogP contribution in [0.5, 0.6) is 0 Å². The van der Waals surface area contributed by atoms with Crippen molar-refractivity contribution in [3.8, 4) is 67.3 Å². The number of hydrogen-bond acceptors (Lipinski definition) is 0. The summed E-state index contributed by atoms with van der Waals surface area (Å²) < 4.78 is 130. The first-order valence-electron chi connectivity index (χ1n) is 49.6. The Kier molecular flexibility index (Phi) is 16.8. The number of aromatic nitrogens is 4. The molecule has 8 aliphatic rings. The van der Waals surface area contributed by atoms with Crippen molar-refractivity contribution in [1.82, 2.24) is 0 Å². The molecule has 0 unspecified atom stereocenters. The molecule has 4 fully saturated rings. The molecule has 113 heavy (non-hydrogen) atoms. The maximum atomic E-state index is 9.14. The van der Waals surface area contributed by atoms with Crippen LogP contribution in [0.4, 0.5) is 0 Å². The van der Waals surface area contributed by atoms with E-state index in [9.17, 15) is 0 Å². The van der Waals surface area contributed by atoms with Gasteiger partial charge in [-0.25, -0.2) is 9.13 Å². The summed E-state index contributed by atoms with van der Waals surface area (Å²) in [6.07, 6.45) is 21.9. The summed E-state index contributed by atoms with van der Waals surface area (Å²) in [6.45, 7) is 12.6. The Hall–Kier alpha value is -9.12. The molecule has 8 aromatic carbocycles. The van der Waals surface area contributed by atoms with Gasteiger partial charge in [0.05, 0.1) is 0 Å². The molecule has 4 spiro atoms. The average molecular weight is 1510 g/mol. The lowest BCUT2D eigenvalue weighted by atomic mass is 9.64. The summed E-state index contributed by atoms with van der Waals surface area (Å²) in [4.78, 5) is 0. The van der Waals surface area contributed by atoms with Gasteiger partial charge in [-0.15, -0.1) is 0 Å². The highest BCUT2D eigenvalue weighted by molar-refractivity contribution is 5.85. The summed E-state index contributed by atoms with van der Waals surface area (Å²) in [6, 6.07) is 58.7. The molecule has 20 rings (SSSR count). The fourth-order valence-corrected chi connectivity index (χ4v) is 21.6. The summed E-state index contributed by atoms with van der Waals surface area (Å²) in [5.41, 5.74) is 32.1. The van der Waals surface area contributed by atoms with Gasteiger partial charge < -0.3 is 0 Å². The second-order valence-corrected chi connectivity index (χ2v) is 36.0. The molecule has 4 aromatic heterocycles. The minimum absolute atomic E-state index is 0.0681. The van der Waals surface area contributed by atoms with Crippen LogP contribution in [0.25, 0.3) is 89.1 Å². The van der Waals surface area contributed by atoms with Gasteiger partial charge in [-0.3, -0.25) is 0 Å². The highest BCUT2D eigenvalue weighted by Crippen LogP contribution is 2.53. The first-order valence-corrected chi connectivity index (χ1v) is 42.6. The number of benzene rings is 8. The van der Waals surface area contributed by atoms with Crippen molar-refractivity contribution in [2.75, 3.05) is 0 Å². The van der Waals surface area contributed by atoms with Crippen molar-refractivity contribution in [3.05, 3.63) is 282 Å². The average Bonchev–Trinajstić information content (AvgIpc) is 1.56. The first kappa shape index (κ1) is 61.3. The maximum Gasteiger partial charge on any atom is 0.213 e. The van der Waals surface area contributed by atoms with E-state index in [2.05, 4.69) is 182 Å². The molecular weight excluding hydrogens is 1370 g/mol. The minimum atomic E-state index is -2.28. The Labute approximate surface area is 697 Å². The molecule has 8 aliphatic carbocycles. The third kappa shape index (κ3) is 14.9. The van der Waals surface area contributed by atoms with Gasteiger partial charge in [0.15, 0.2) is 12.4 Å². The third-order valence-electron chi connectivity index (χ3n) is 28.1. The van der Waals surface area contributed by atoms with Gasteiger partial charge in [0.2, 0.25) is 33.8 Å². The highest BCUT2D eigenvalue weighted by atomic mass is 15.0. The second kappa shape index (κ2) is 30.9. The van der Waals surface area contributed by atoms with Crippen LogP contribution in [-0.2, 0) is 79.4 Å². The molecule has 4 saturated carbocycles. The molecular formula is C109H126N4+4. The zero-order valence-corrected chi connectivity index (χ0v) is 69.4. The number of rotatable bonds is 6. The van der Waals surface area contributed by atoms with E-state index in [1.54, 1.807) is 12.4 Å². The number of hydrogen-bond donors (Lipinski definition) is 0. The number of aryl methyl sites for hydroxylation is 13. The highest BCUT2D eigenvalue weighted by Gasteiger charge is 2.43. The Morgan fingerprint density at radius 1 is 0.310 bits per heavy atom. The van der Waals surface area contributed by atoms with Crippen LogP contribution in [0, 0.1) is 90.8 Å². The van der Waals surface area contributed by atoms with Gasteiger partial charge in [-0.2, -0.15) is 9.13 Å². The normalized spacial score (nSPS) is 21.5. The van der Waals surface area contributed by atoms with Crippen molar-refractivity contribution in [2.24, 2.45) is 49.9 Å². The van der Waals surface area contributed by atoms with Crippen LogP contribution < -0.4 is 18.3 Å². The molecule has 0 atom stereocenters. The van der Waals surface area contributed by atoms with Gasteiger partial charge in [0.1, 0.15) is 28.2 Å². The van der Waals surface area contributed by atoms with Crippen molar-refractivity contribution in [2.45, 2.75) is 242 Å². The summed E-state index contributed by atoms with van der Waals surface area (Å²) in [5, 5.41) is 2.44. The fourth-order valence-electron chi connectivity index (χ4n) is 21.6. The zero-order chi connectivity index (χ0) is 90.4. The van der Waals surface area contributed by atoms with Gasteiger partial charge in [0, 0.05) is 99.7 Å². The van der Waals surface area contributed by atoms with E-state index in [-0.39, 0.29) is 27.2 Å². The van der Waals surface area contributed by atoms with Gasteiger partial charge >= 0.3 is 0 Å². The molecule has 4 nitrogen and oxygen atoms in total. The number of pyridine rings is 4. The Balaban J connectivity index is 0.000000120. The zero-order valence-electron chi connectivity index (χ0n) is 83.4. The van der Waals surface area contributed by atoms with Gasteiger partial charge in [0.25, 0.3) is 0 Å². The monoisotopic (exact) mass is 1510 g/mol. The van der Waals surface area contributed by atoms with Crippen LogP contribution in [0.3, 0.4) is 0 Å². The number of nitrogens with zero attached hydrogens (tertiary/aromatic N) is 4. The smallest absolute Gasteiger partial charge is 0.201 e. The lowest BCUT2D eigenvalue weighted by Crippen LogP contribution is -2.32. The molecule has 578 valence electrons. The molecule has 0 N–H and O–H groups in total. The van der Waals surface area contributed by atoms with Crippen LogP contribution in [0.15, 0.2) is 182 Å². The third-order valence-corrected chi connectivity index (χ3v) is 28.1. The predicted molar refractivity (Wildman–Crippen MR) is 473 cm³/mol. The van der Waals surface area contributed by atoms with Gasteiger partial charge in [-0.05, 0) is 342 Å². The van der Waals surface area contributed by atoms with Crippen molar-refractivity contribution in [1.29, 1.82) is 0 Å². The largest absolute Gasteiger partial charge is 0.213 e. The summed E-state index contributed by atoms with van der Waals surface area (Å²) in [5.74, 6) is 0. The van der Waals surface area contributed by atoms with Gasteiger partial charge in [-0.1, -0.05) is 166 Å². The Morgan fingerprint density at radius 3 is 1.29 bits per heavy atom. The molecule has 12 aromatic rings. The Morgan fingerprint density at radius 2 is 0.752 bits per heavy atom. The van der Waals surface area contributed by atoms with Crippen LogP contribution >= 0.6 is 0 Å². The molecule has 4 heterocycles. The van der Waals surface area contributed by atoms with Crippen LogP contribution in [0.1, 0.15) is 241 Å². The SMILES string of the molecule is [2H]C([2H])([2H])c1c[n+](C)c(-c2ccccc2C)cc1-c1ccc2c(c1)C([2H])([2H])C1(CCCCC1)C2.[2H]C([2H])([2H])c1c[n+](C)c(-c2ccccc2C)cc1-c1ccc2c(c1)C([2H])([2H])CC1(CCCCC1)C2.[2H]C1([2H])c2cc3c(ccc(-c4cc(C)cc(C)c4C)[n+]3C)cc2CC12CCCC2.[2H]C1([2H])c2ccc3c(ccc(-c4cc(C)cc(C)c4C)[n+]3C)c2CC12CCCC2. The standard InChI is InChI=1S/C29H34N.C28H32N.2C26H30N/c1-21-9-5-6-10-26(21)28-18-27(22(2)20-30(28)3)24-11-12-25-19-29(14-7-4-8-15-29)16-13-23(25)17-24;1-20-9-5-6-10-25(20)27-16-26(21(2)19-29(27)3)22-11-12-23-17-28(18-24(23)15-22)13-7-4-8-14-28;1-17-13-18(2)19(3)22(14-17)25-10-8-21-23-16-26(11-5-6-12-26)15-20(23)7-9-24(21)27(25)4;1-17-11-18(2)19(3)23(12-17)24-8-7-20-13-21-15-26(9-5-6-10-26)16-22(21)14-25(20)27(24)4/h5-6,9-12,17-18,20H,4,7-8,13-16,19H2,1-3H3;5-6,9-12,15-16,19H,4,7-8,13-14,17-18H2,1-3H3;7-10,13-14H,5-6,11-12,15-16H2,1-4H3;7-8,11-14H,5-6,9-10,15-16H2,1-4H3/q4*+1/i2D3,13D2;2D3,18D2;15D2;16D2. The molecule has 0 saturated heterocycles. The van der Waals surface area contributed by atoms with E-state index in [4.69, 9.17) is 19.2 Å². The lowest BCUT2D eigenvalue weighted by Gasteiger charge is -2.41. The van der Waals surface area contributed by atoms with E-state index in [0.717, 1.165) is 199 Å². The maximum absolute atomic E-state index is 9.14. The van der Waals surface area contributed by atoms with Crippen molar-refractivity contribution >= 4 is 21.8 Å². The summed E-state index contributed by atoms with van der Waals surface area (Å²) in [7, 11) is 8.04. The minimum Gasteiger partial charge on any atom is -0.201 e.